The molecule has 6 nitrogen and oxygen atoms in total. The quantitative estimate of drug-likeness (QED) is 0.0262. The Morgan fingerprint density at radius 2 is 0.580 bits per heavy atom. The Hall–Kier alpha value is -4.19. The van der Waals surface area contributed by atoms with E-state index in [0.717, 1.165) is 116 Å². The normalized spacial score (nSPS) is 13.0. The maximum atomic E-state index is 12.8. The number of hydrogen-bond acceptors (Lipinski definition) is 6. The molecule has 0 aromatic heterocycles. The van der Waals surface area contributed by atoms with E-state index in [1.165, 1.54) is 77.0 Å². The van der Waals surface area contributed by atoms with Crippen LogP contribution >= 0.6 is 0 Å². The zero-order valence-corrected chi connectivity index (χ0v) is 44.5. The second kappa shape index (κ2) is 56.4. The molecule has 0 bridgehead atoms. The lowest BCUT2D eigenvalue weighted by atomic mass is 10.1. The molecular formula is C63H102O6. The van der Waals surface area contributed by atoms with Crippen LogP contribution in [-0.2, 0) is 28.6 Å². The molecule has 0 spiro atoms. The summed E-state index contributed by atoms with van der Waals surface area (Å²) in [7, 11) is 0. The van der Waals surface area contributed by atoms with E-state index in [2.05, 4.69) is 142 Å². The fourth-order valence-corrected chi connectivity index (χ4v) is 7.22. The molecule has 69 heavy (non-hydrogen) atoms. The summed E-state index contributed by atoms with van der Waals surface area (Å²) >= 11 is 0. The van der Waals surface area contributed by atoms with Crippen molar-refractivity contribution in [2.75, 3.05) is 13.2 Å². The van der Waals surface area contributed by atoms with Gasteiger partial charge in [0, 0.05) is 19.3 Å². The van der Waals surface area contributed by atoms with Crippen molar-refractivity contribution in [3.63, 3.8) is 0 Å². The lowest BCUT2D eigenvalue weighted by Crippen LogP contribution is -2.30. The maximum absolute atomic E-state index is 12.8. The number of rotatable bonds is 49. The van der Waals surface area contributed by atoms with Gasteiger partial charge in [0.15, 0.2) is 6.10 Å². The summed E-state index contributed by atoms with van der Waals surface area (Å²) in [5.74, 6) is -1.01. The van der Waals surface area contributed by atoms with Crippen molar-refractivity contribution in [2.24, 2.45) is 0 Å². The molecule has 0 aromatic rings. The summed E-state index contributed by atoms with van der Waals surface area (Å²) in [5, 5.41) is 0. The highest BCUT2D eigenvalue weighted by Crippen LogP contribution is 2.13. The number of carbonyl (C=O) groups excluding carboxylic acids is 3. The van der Waals surface area contributed by atoms with Crippen LogP contribution in [0.2, 0.25) is 0 Å². The Labute approximate surface area is 424 Å². The van der Waals surface area contributed by atoms with Crippen LogP contribution < -0.4 is 0 Å². The molecule has 0 aliphatic carbocycles. The first-order valence-electron chi connectivity index (χ1n) is 28.0. The topological polar surface area (TPSA) is 78.9 Å². The van der Waals surface area contributed by atoms with Gasteiger partial charge in [0.25, 0.3) is 0 Å². The van der Waals surface area contributed by atoms with Crippen LogP contribution in [0, 0.1) is 0 Å². The standard InChI is InChI=1S/C63H102O6/c1-4-7-10-13-16-19-22-25-28-31-34-37-40-43-46-49-52-55-61(64)67-58-60(69-63(66)57-54-51-48-45-42-39-36-33-30-27-24-21-18-15-12-9-6-3)59-68-62(65)56-53-50-47-44-41-38-35-32-29-26-23-20-17-14-11-8-5-2/h7,10,16-21,25-30,34,36-37,39,43,46,60H,4-6,8-9,11-15,22-24,31-33,35,38,40-42,44-45,47-59H2,1-3H3/b10-7-,19-16-,20-17-,21-18-,28-25-,29-26-,30-27-,37-34-,39-36-,46-43-/t60-/m0/s1. The molecule has 0 saturated carbocycles. The predicted octanol–water partition coefficient (Wildman–Crippen LogP) is 18.9. The third-order valence-corrected chi connectivity index (χ3v) is 11.4. The summed E-state index contributed by atoms with van der Waals surface area (Å²) in [6, 6.07) is 0. The second-order valence-electron chi connectivity index (χ2n) is 18.1. The fourth-order valence-electron chi connectivity index (χ4n) is 7.22. The van der Waals surface area contributed by atoms with Crippen LogP contribution in [0.1, 0.15) is 239 Å². The monoisotopic (exact) mass is 955 g/mol. The van der Waals surface area contributed by atoms with E-state index in [-0.39, 0.29) is 44.0 Å². The van der Waals surface area contributed by atoms with Crippen LogP contribution in [0.3, 0.4) is 0 Å². The van der Waals surface area contributed by atoms with Crippen molar-refractivity contribution >= 4 is 17.9 Å². The van der Waals surface area contributed by atoms with E-state index in [0.29, 0.717) is 12.8 Å². The van der Waals surface area contributed by atoms with Gasteiger partial charge in [0.05, 0.1) is 0 Å². The van der Waals surface area contributed by atoms with Crippen LogP contribution in [0.15, 0.2) is 122 Å². The average Bonchev–Trinajstić information content (AvgIpc) is 3.35. The predicted molar refractivity (Wildman–Crippen MR) is 297 cm³/mol. The summed E-state index contributed by atoms with van der Waals surface area (Å²) in [4.78, 5) is 38.1. The molecule has 0 radical (unpaired) electrons. The van der Waals surface area contributed by atoms with Gasteiger partial charge in [-0.2, -0.15) is 0 Å². The van der Waals surface area contributed by atoms with E-state index in [1.807, 2.05) is 0 Å². The maximum Gasteiger partial charge on any atom is 0.306 e. The molecule has 0 amide bonds. The molecule has 0 saturated heterocycles. The van der Waals surface area contributed by atoms with Crippen LogP contribution in [0.4, 0.5) is 0 Å². The molecule has 0 rings (SSSR count). The lowest BCUT2D eigenvalue weighted by molar-refractivity contribution is -0.167. The van der Waals surface area contributed by atoms with Gasteiger partial charge in [0.2, 0.25) is 0 Å². The highest BCUT2D eigenvalue weighted by Gasteiger charge is 2.19. The molecule has 6 heteroatoms. The van der Waals surface area contributed by atoms with Gasteiger partial charge in [0.1, 0.15) is 13.2 Å². The Morgan fingerprint density at radius 3 is 0.942 bits per heavy atom. The highest BCUT2D eigenvalue weighted by molar-refractivity contribution is 5.71. The number of esters is 3. The first kappa shape index (κ1) is 64.8. The largest absolute Gasteiger partial charge is 0.462 e. The van der Waals surface area contributed by atoms with E-state index in [1.54, 1.807) is 0 Å². The van der Waals surface area contributed by atoms with Crippen molar-refractivity contribution < 1.29 is 28.6 Å². The summed E-state index contributed by atoms with van der Waals surface area (Å²) in [5.41, 5.74) is 0. The first-order chi connectivity index (χ1) is 34.0. The molecule has 390 valence electrons. The Bertz CT molecular complexity index is 1470. The minimum Gasteiger partial charge on any atom is -0.462 e. The first-order valence-corrected chi connectivity index (χ1v) is 28.0. The summed E-state index contributed by atoms with van der Waals surface area (Å²) < 4.78 is 16.8. The molecule has 0 N–H and O–H groups in total. The third kappa shape index (κ3) is 54.6. The van der Waals surface area contributed by atoms with Crippen molar-refractivity contribution in [3.8, 4) is 0 Å². The van der Waals surface area contributed by atoms with Crippen LogP contribution in [0.5, 0.6) is 0 Å². The van der Waals surface area contributed by atoms with Gasteiger partial charge in [-0.3, -0.25) is 14.4 Å². The zero-order valence-electron chi connectivity index (χ0n) is 44.5. The van der Waals surface area contributed by atoms with Gasteiger partial charge in [-0.05, 0) is 128 Å². The van der Waals surface area contributed by atoms with Gasteiger partial charge in [-0.25, -0.2) is 0 Å². The zero-order chi connectivity index (χ0) is 50.0. The lowest BCUT2D eigenvalue weighted by Gasteiger charge is -2.18. The third-order valence-electron chi connectivity index (χ3n) is 11.4. The molecule has 0 fully saturated rings. The molecule has 0 aliphatic heterocycles. The number of allylic oxidation sites excluding steroid dienone is 20. The highest BCUT2D eigenvalue weighted by atomic mass is 16.6. The summed E-state index contributed by atoms with van der Waals surface area (Å²) in [6.45, 7) is 6.39. The fraction of sp³-hybridized carbons (Fsp3) is 0.635. The molecule has 0 unspecified atom stereocenters. The molecule has 0 heterocycles. The van der Waals surface area contributed by atoms with Crippen molar-refractivity contribution in [1.82, 2.24) is 0 Å². The van der Waals surface area contributed by atoms with E-state index in [4.69, 9.17) is 14.2 Å². The minimum absolute atomic E-state index is 0.112. The smallest absolute Gasteiger partial charge is 0.306 e. The average molecular weight is 956 g/mol. The van der Waals surface area contributed by atoms with Crippen molar-refractivity contribution in [1.29, 1.82) is 0 Å². The van der Waals surface area contributed by atoms with Crippen molar-refractivity contribution in [3.05, 3.63) is 122 Å². The van der Waals surface area contributed by atoms with Gasteiger partial charge in [-0.15, -0.1) is 0 Å². The van der Waals surface area contributed by atoms with Crippen molar-refractivity contribution in [2.45, 2.75) is 245 Å². The van der Waals surface area contributed by atoms with Gasteiger partial charge in [-0.1, -0.05) is 213 Å². The van der Waals surface area contributed by atoms with E-state index >= 15 is 0 Å². The molecule has 0 aromatic carbocycles. The van der Waals surface area contributed by atoms with E-state index < -0.39 is 6.10 Å². The van der Waals surface area contributed by atoms with Crippen LogP contribution in [0.25, 0.3) is 0 Å². The molecule has 0 aliphatic rings. The Morgan fingerprint density at radius 1 is 0.304 bits per heavy atom. The summed E-state index contributed by atoms with van der Waals surface area (Å²) in [6.07, 6.45) is 77.5. The van der Waals surface area contributed by atoms with Gasteiger partial charge < -0.3 is 14.2 Å². The number of ether oxygens (including phenoxy) is 3. The Kier molecular flexibility index (Phi) is 53.0. The molecular weight excluding hydrogens is 853 g/mol. The van der Waals surface area contributed by atoms with Crippen LogP contribution in [-0.4, -0.2) is 37.2 Å². The SMILES string of the molecule is CC/C=C\C/C=C\C/C=C\C/C=C\C/C=C\CCCC(=O)OC[C@@H](COC(=O)CCCCCCCCC/C=C\C/C=C\CCCCC)OC(=O)CCCCCC/C=C\C/C=C\C/C=C\CCCCC. The number of hydrogen-bond donors (Lipinski definition) is 0. The minimum atomic E-state index is -0.820. The Balaban J connectivity index is 4.55. The van der Waals surface area contributed by atoms with Gasteiger partial charge >= 0.3 is 17.9 Å². The molecule has 1 atom stereocenters. The number of carbonyl (C=O) groups is 3. The number of unbranched alkanes of at least 4 members (excludes halogenated alkanes) is 18. The second-order valence-corrected chi connectivity index (χ2v) is 18.1. The van der Waals surface area contributed by atoms with E-state index in [9.17, 15) is 14.4 Å².